The molecule has 0 unspecified atom stereocenters. The first-order chi connectivity index (χ1) is 6.11. The van der Waals surface area contributed by atoms with E-state index in [1.54, 1.807) is 11.3 Å². The van der Waals surface area contributed by atoms with Gasteiger partial charge in [-0.3, -0.25) is 0 Å². The molecule has 0 fully saturated rings. The van der Waals surface area contributed by atoms with E-state index in [2.05, 4.69) is 0 Å². The summed E-state index contributed by atoms with van der Waals surface area (Å²) in [5.41, 5.74) is 0.749. The van der Waals surface area contributed by atoms with Crippen LogP contribution in [-0.2, 0) is 0 Å². The van der Waals surface area contributed by atoms with Crippen molar-refractivity contribution >= 4 is 17.0 Å². The first-order valence-corrected chi connectivity index (χ1v) is 5.36. The molecule has 1 aliphatic rings. The molecule has 0 bridgehead atoms. The molecule has 2 nitrogen and oxygen atoms in total. The van der Waals surface area contributed by atoms with Crippen molar-refractivity contribution in [2.75, 3.05) is 0 Å². The molecule has 0 saturated heterocycles. The molecule has 0 spiro atoms. The summed E-state index contributed by atoms with van der Waals surface area (Å²) >= 11 is 1.65. The maximum atomic E-state index is 11.8. The maximum absolute atomic E-state index is 11.8. The van der Waals surface area contributed by atoms with E-state index < -0.39 is 0 Å². The normalized spacial score (nSPS) is 21.1. The molecular weight excluding hydrogens is 182 g/mol. The van der Waals surface area contributed by atoms with Crippen molar-refractivity contribution in [3.63, 3.8) is 0 Å². The molecular formula is C10H13NOS. The van der Waals surface area contributed by atoms with E-state index in [1.165, 1.54) is 4.74 Å². The van der Waals surface area contributed by atoms with Gasteiger partial charge in [0, 0.05) is 26.7 Å². The zero-order valence-corrected chi connectivity index (χ0v) is 8.73. The molecule has 1 aliphatic heterocycles. The van der Waals surface area contributed by atoms with E-state index in [0.717, 1.165) is 23.4 Å². The van der Waals surface area contributed by atoms with Crippen LogP contribution in [0.3, 0.4) is 0 Å². The summed E-state index contributed by atoms with van der Waals surface area (Å²) in [5, 5.41) is 13.8. The fraction of sp³-hybridized carbons (Fsp3) is 0.500. The lowest BCUT2D eigenvalue weighted by molar-refractivity contribution is -0.530. The average molecular weight is 195 g/mol. The van der Waals surface area contributed by atoms with Crippen molar-refractivity contribution in [3.8, 4) is 0 Å². The van der Waals surface area contributed by atoms with Crippen LogP contribution in [0.15, 0.2) is 17.5 Å². The SMILES string of the molecule is CC1(C)CCC(c2cccs2)=[N+]1[O-]. The number of rotatable bonds is 1. The van der Waals surface area contributed by atoms with Crippen LogP contribution >= 0.6 is 11.3 Å². The summed E-state index contributed by atoms with van der Waals surface area (Å²) in [4.78, 5) is 1.13. The molecule has 2 rings (SSSR count). The van der Waals surface area contributed by atoms with Crippen LogP contribution < -0.4 is 0 Å². The van der Waals surface area contributed by atoms with Gasteiger partial charge in [0.15, 0.2) is 5.54 Å². The highest BCUT2D eigenvalue weighted by Gasteiger charge is 2.37. The van der Waals surface area contributed by atoms with Crippen LogP contribution in [0, 0.1) is 5.21 Å². The van der Waals surface area contributed by atoms with Gasteiger partial charge in [0.25, 0.3) is 0 Å². The van der Waals surface area contributed by atoms with Crippen molar-refractivity contribution < 1.29 is 4.74 Å². The smallest absolute Gasteiger partial charge is 0.205 e. The summed E-state index contributed by atoms with van der Waals surface area (Å²) in [6, 6.07) is 4.01. The van der Waals surface area contributed by atoms with Gasteiger partial charge in [-0.1, -0.05) is 6.07 Å². The number of thiophene rings is 1. The topological polar surface area (TPSA) is 26.1 Å². The third-order valence-corrected chi connectivity index (χ3v) is 3.49. The Balaban J connectivity index is 2.41. The van der Waals surface area contributed by atoms with Gasteiger partial charge in [0.2, 0.25) is 5.71 Å². The second-order valence-electron chi connectivity index (χ2n) is 4.03. The fourth-order valence-corrected chi connectivity index (χ4v) is 2.44. The first-order valence-electron chi connectivity index (χ1n) is 4.48. The van der Waals surface area contributed by atoms with E-state index >= 15 is 0 Å². The lowest BCUT2D eigenvalue weighted by atomic mass is 10.0. The molecule has 0 saturated carbocycles. The van der Waals surface area contributed by atoms with Gasteiger partial charge in [0.05, 0.1) is 4.88 Å². The Labute approximate surface area is 82.1 Å². The zero-order valence-electron chi connectivity index (χ0n) is 7.91. The predicted octanol–water partition coefficient (Wildman–Crippen LogP) is 2.62. The monoisotopic (exact) mass is 195 g/mol. The molecule has 0 atom stereocenters. The standard InChI is InChI=1S/C10H13NOS/c1-10(2)6-5-8(11(10)12)9-4-3-7-13-9/h3-4,7H,5-6H2,1-2H3. The van der Waals surface area contributed by atoms with Crippen molar-refractivity contribution in [1.29, 1.82) is 0 Å². The Morgan fingerprint density at radius 2 is 2.31 bits per heavy atom. The molecule has 0 N–H and O–H groups in total. The van der Waals surface area contributed by atoms with Gasteiger partial charge in [0.1, 0.15) is 0 Å². The minimum Gasteiger partial charge on any atom is -0.623 e. The van der Waals surface area contributed by atoms with E-state index in [9.17, 15) is 5.21 Å². The minimum atomic E-state index is -0.209. The number of hydrogen-bond acceptors (Lipinski definition) is 2. The van der Waals surface area contributed by atoms with Crippen LogP contribution in [0.1, 0.15) is 31.6 Å². The zero-order chi connectivity index (χ0) is 9.47. The van der Waals surface area contributed by atoms with E-state index in [-0.39, 0.29) is 5.54 Å². The Hall–Kier alpha value is -0.830. The molecule has 1 aromatic heterocycles. The molecule has 0 aromatic carbocycles. The highest BCUT2D eigenvalue weighted by molar-refractivity contribution is 7.12. The van der Waals surface area contributed by atoms with E-state index in [4.69, 9.17) is 0 Å². The van der Waals surface area contributed by atoms with Crippen molar-refractivity contribution in [1.82, 2.24) is 0 Å². The first kappa shape index (κ1) is 8.75. The lowest BCUT2D eigenvalue weighted by Crippen LogP contribution is -2.29. The van der Waals surface area contributed by atoms with Crippen molar-refractivity contribution in [3.05, 3.63) is 27.6 Å². The number of hydroxylamine groups is 1. The van der Waals surface area contributed by atoms with Crippen LogP contribution in [0.2, 0.25) is 0 Å². The third kappa shape index (κ3) is 1.37. The van der Waals surface area contributed by atoms with Crippen molar-refractivity contribution in [2.24, 2.45) is 0 Å². The quantitative estimate of drug-likeness (QED) is 0.499. The summed E-state index contributed by atoms with van der Waals surface area (Å²) in [7, 11) is 0. The highest BCUT2D eigenvalue weighted by Crippen LogP contribution is 2.27. The van der Waals surface area contributed by atoms with Crippen molar-refractivity contribution in [2.45, 2.75) is 32.2 Å². The molecule has 1 aromatic rings. The molecule has 13 heavy (non-hydrogen) atoms. The summed E-state index contributed by atoms with van der Waals surface area (Å²) in [5.74, 6) is 0. The minimum absolute atomic E-state index is 0.209. The Morgan fingerprint density at radius 1 is 1.54 bits per heavy atom. The van der Waals surface area contributed by atoms with Gasteiger partial charge < -0.3 is 5.21 Å². The van der Waals surface area contributed by atoms with Crippen LogP contribution in [-0.4, -0.2) is 16.0 Å². The summed E-state index contributed by atoms with van der Waals surface area (Å²) < 4.78 is 1.18. The second-order valence-corrected chi connectivity index (χ2v) is 4.98. The average Bonchev–Trinajstić information content (AvgIpc) is 2.63. The highest BCUT2D eigenvalue weighted by atomic mass is 32.1. The van der Waals surface area contributed by atoms with Crippen LogP contribution in [0.4, 0.5) is 0 Å². The van der Waals surface area contributed by atoms with Crippen LogP contribution in [0.5, 0.6) is 0 Å². The Morgan fingerprint density at radius 3 is 2.77 bits per heavy atom. The molecule has 0 aliphatic carbocycles. The maximum Gasteiger partial charge on any atom is 0.205 e. The van der Waals surface area contributed by atoms with Gasteiger partial charge in [-0.2, -0.15) is 0 Å². The van der Waals surface area contributed by atoms with E-state index in [0.29, 0.717) is 0 Å². The largest absolute Gasteiger partial charge is 0.623 e. The second kappa shape index (κ2) is 2.84. The molecule has 70 valence electrons. The third-order valence-electron chi connectivity index (χ3n) is 2.57. The molecule has 2 heterocycles. The van der Waals surface area contributed by atoms with Gasteiger partial charge in [-0.25, -0.2) is 4.74 Å². The summed E-state index contributed by atoms with van der Waals surface area (Å²) in [6.45, 7) is 4.00. The van der Waals surface area contributed by atoms with E-state index in [1.807, 2.05) is 31.4 Å². The van der Waals surface area contributed by atoms with Crippen LogP contribution in [0.25, 0.3) is 0 Å². The number of nitrogens with zero attached hydrogens (tertiary/aromatic N) is 1. The summed E-state index contributed by atoms with van der Waals surface area (Å²) in [6.07, 6.45) is 1.88. The molecule has 0 amide bonds. The van der Waals surface area contributed by atoms with Gasteiger partial charge in [-0.15, -0.1) is 11.3 Å². The molecule has 3 heteroatoms. The lowest BCUT2D eigenvalue weighted by Gasteiger charge is -2.17. The fourth-order valence-electron chi connectivity index (χ4n) is 1.66. The Kier molecular flexibility index (Phi) is 1.91. The Bertz CT molecular complexity index is 338. The van der Waals surface area contributed by atoms with Gasteiger partial charge >= 0.3 is 0 Å². The predicted molar refractivity (Wildman–Crippen MR) is 55.4 cm³/mol. The molecule has 0 radical (unpaired) electrons. The number of hydrogen-bond donors (Lipinski definition) is 0. The van der Waals surface area contributed by atoms with Gasteiger partial charge in [-0.05, 0) is 11.4 Å².